The van der Waals surface area contributed by atoms with E-state index in [2.05, 4.69) is 10.6 Å². The molecule has 0 aliphatic carbocycles. The average molecular weight is 328 g/mol. The van der Waals surface area contributed by atoms with E-state index in [1.54, 1.807) is 18.2 Å². The molecule has 0 bridgehead atoms. The van der Waals surface area contributed by atoms with Crippen LogP contribution in [-0.2, 0) is 4.79 Å². The first-order valence-corrected chi connectivity index (χ1v) is 8.06. The van der Waals surface area contributed by atoms with Crippen LogP contribution in [0.25, 0.3) is 0 Å². The lowest BCUT2D eigenvalue weighted by atomic mass is 9.94. The molecule has 1 heterocycles. The number of hydrogen-bond donors (Lipinski definition) is 2. The van der Waals surface area contributed by atoms with Gasteiger partial charge in [0.2, 0.25) is 5.91 Å². The molecule has 6 heteroatoms. The summed E-state index contributed by atoms with van der Waals surface area (Å²) in [5, 5.41) is 5.92. The van der Waals surface area contributed by atoms with Crippen LogP contribution >= 0.6 is 0 Å². The number of rotatable bonds is 6. The Hall–Kier alpha value is -1.56. The third-order valence-corrected chi connectivity index (χ3v) is 4.26. The van der Waals surface area contributed by atoms with Gasteiger partial charge in [-0.2, -0.15) is 13.2 Å². The van der Waals surface area contributed by atoms with Gasteiger partial charge in [0.15, 0.2) is 0 Å². The maximum Gasteiger partial charge on any atom is 0.396 e. The van der Waals surface area contributed by atoms with Gasteiger partial charge in [0, 0.05) is 13.0 Å². The Morgan fingerprint density at radius 2 is 2.04 bits per heavy atom. The third-order valence-electron chi connectivity index (χ3n) is 4.26. The fraction of sp³-hybridized carbons (Fsp3) is 0.588. The minimum absolute atomic E-state index is 0.131. The van der Waals surface area contributed by atoms with Crippen molar-refractivity contribution in [2.24, 2.45) is 5.92 Å². The molecule has 3 nitrogen and oxygen atoms in total. The second kappa shape index (κ2) is 8.34. The Morgan fingerprint density at radius 1 is 1.30 bits per heavy atom. The minimum atomic E-state index is -4.42. The quantitative estimate of drug-likeness (QED) is 0.842. The van der Waals surface area contributed by atoms with E-state index in [1.807, 2.05) is 0 Å². The Balaban J connectivity index is 1.83. The van der Waals surface area contributed by atoms with Gasteiger partial charge in [-0.3, -0.25) is 4.79 Å². The van der Waals surface area contributed by atoms with E-state index >= 15 is 0 Å². The predicted octanol–water partition coefficient (Wildman–Crippen LogP) is 3.23. The molecule has 0 saturated carbocycles. The Labute approximate surface area is 134 Å². The summed E-state index contributed by atoms with van der Waals surface area (Å²) in [5.74, 6) is -1.79. The van der Waals surface area contributed by atoms with E-state index in [-0.39, 0.29) is 5.56 Å². The van der Waals surface area contributed by atoms with Gasteiger partial charge in [0.25, 0.3) is 0 Å². The predicted molar refractivity (Wildman–Crippen MR) is 83.1 cm³/mol. The van der Waals surface area contributed by atoms with Gasteiger partial charge < -0.3 is 10.6 Å². The zero-order chi connectivity index (χ0) is 16.7. The lowest BCUT2D eigenvalue weighted by Gasteiger charge is -2.23. The normalized spacial score (nSPS) is 20.0. The largest absolute Gasteiger partial charge is 0.396 e. The molecule has 0 radical (unpaired) electrons. The number of carbonyl (C=O) groups is 1. The topological polar surface area (TPSA) is 41.1 Å². The van der Waals surface area contributed by atoms with Gasteiger partial charge in [-0.25, -0.2) is 0 Å². The van der Waals surface area contributed by atoms with Crippen molar-refractivity contribution >= 4 is 5.91 Å². The SMILES string of the molecule is O=C(CC(c1ccccc1)C(F)(F)F)NCCC1CCCNC1. The molecule has 128 valence electrons. The zero-order valence-electron chi connectivity index (χ0n) is 13.0. The van der Waals surface area contributed by atoms with Crippen molar-refractivity contribution in [3.63, 3.8) is 0 Å². The maximum absolute atomic E-state index is 13.2. The third kappa shape index (κ3) is 5.86. The van der Waals surface area contributed by atoms with Gasteiger partial charge in [0.1, 0.15) is 0 Å². The van der Waals surface area contributed by atoms with E-state index in [4.69, 9.17) is 0 Å². The summed E-state index contributed by atoms with van der Waals surface area (Å²) in [4.78, 5) is 11.9. The summed E-state index contributed by atoms with van der Waals surface area (Å²) in [6.45, 7) is 2.38. The molecule has 1 aliphatic rings. The number of amides is 1. The maximum atomic E-state index is 13.2. The van der Waals surface area contributed by atoms with Crippen molar-refractivity contribution in [2.75, 3.05) is 19.6 Å². The molecule has 1 aromatic carbocycles. The van der Waals surface area contributed by atoms with Gasteiger partial charge in [0.05, 0.1) is 5.92 Å². The van der Waals surface area contributed by atoms with E-state index < -0.39 is 24.4 Å². The Bertz CT molecular complexity index is 484. The second-order valence-corrected chi connectivity index (χ2v) is 6.06. The summed E-state index contributed by atoms with van der Waals surface area (Å²) >= 11 is 0. The molecular weight excluding hydrogens is 305 g/mol. The Kier molecular flexibility index (Phi) is 6.45. The molecule has 2 atom stereocenters. The second-order valence-electron chi connectivity index (χ2n) is 6.06. The molecule has 23 heavy (non-hydrogen) atoms. The molecule has 1 saturated heterocycles. The van der Waals surface area contributed by atoms with Crippen LogP contribution in [0.15, 0.2) is 30.3 Å². The highest BCUT2D eigenvalue weighted by atomic mass is 19.4. The molecule has 2 rings (SSSR count). The summed E-state index contributed by atoms with van der Waals surface area (Å²) < 4.78 is 39.6. The highest BCUT2D eigenvalue weighted by Gasteiger charge is 2.41. The number of hydrogen-bond acceptors (Lipinski definition) is 2. The van der Waals surface area contributed by atoms with Crippen molar-refractivity contribution in [3.8, 4) is 0 Å². The van der Waals surface area contributed by atoms with Gasteiger partial charge >= 0.3 is 6.18 Å². The van der Waals surface area contributed by atoms with E-state index in [9.17, 15) is 18.0 Å². The minimum Gasteiger partial charge on any atom is -0.356 e. The molecular formula is C17H23F3N2O. The lowest BCUT2D eigenvalue weighted by molar-refractivity contribution is -0.157. The average Bonchev–Trinajstić information content (AvgIpc) is 2.53. The zero-order valence-corrected chi connectivity index (χ0v) is 13.0. The number of halogens is 3. The van der Waals surface area contributed by atoms with Crippen LogP contribution in [0.3, 0.4) is 0 Å². The molecule has 2 unspecified atom stereocenters. The Morgan fingerprint density at radius 3 is 2.65 bits per heavy atom. The van der Waals surface area contributed by atoms with Crippen molar-refractivity contribution in [1.29, 1.82) is 0 Å². The lowest BCUT2D eigenvalue weighted by Crippen LogP contribution is -2.34. The highest BCUT2D eigenvalue weighted by Crippen LogP contribution is 2.37. The fourth-order valence-corrected chi connectivity index (χ4v) is 2.95. The number of piperidine rings is 1. The summed E-state index contributed by atoms with van der Waals surface area (Å²) in [6, 6.07) is 7.61. The molecule has 0 spiro atoms. The van der Waals surface area contributed by atoms with Crippen molar-refractivity contribution < 1.29 is 18.0 Å². The van der Waals surface area contributed by atoms with Crippen LogP contribution in [0.1, 0.15) is 37.2 Å². The van der Waals surface area contributed by atoms with E-state index in [0.29, 0.717) is 12.5 Å². The smallest absolute Gasteiger partial charge is 0.356 e. The van der Waals surface area contributed by atoms with Crippen molar-refractivity contribution in [1.82, 2.24) is 10.6 Å². The molecule has 1 amide bonds. The molecule has 1 aromatic rings. The fourth-order valence-electron chi connectivity index (χ4n) is 2.95. The van der Waals surface area contributed by atoms with Gasteiger partial charge in [-0.1, -0.05) is 30.3 Å². The summed E-state index contributed by atoms with van der Waals surface area (Å²) in [5.41, 5.74) is 0.131. The highest BCUT2D eigenvalue weighted by molar-refractivity contribution is 5.77. The van der Waals surface area contributed by atoms with Crippen LogP contribution in [0.5, 0.6) is 0 Å². The number of nitrogens with one attached hydrogen (secondary N) is 2. The van der Waals surface area contributed by atoms with Crippen LogP contribution in [-0.4, -0.2) is 31.7 Å². The van der Waals surface area contributed by atoms with Gasteiger partial charge in [-0.15, -0.1) is 0 Å². The van der Waals surface area contributed by atoms with E-state index in [1.165, 1.54) is 12.1 Å². The van der Waals surface area contributed by atoms with E-state index in [0.717, 1.165) is 32.4 Å². The van der Waals surface area contributed by atoms with Crippen molar-refractivity contribution in [2.45, 2.75) is 37.8 Å². The van der Waals surface area contributed by atoms with Crippen molar-refractivity contribution in [3.05, 3.63) is 35.9 Å². The number of benzene rings is 1. The first kappa shape index (κ1) is 17.8. The van der Waals surface area contributed by atoms with Crippen LogP contribution in [0.2, 0.25) is 0 Å². The first-order chi connectivity index (χ1) is 11.0. The molecule has 1 aliphatic heterocycles. The van der Waals surface area contributed by atoms with Gasteiger partial charge in [-0.05, 0) is 43.8 Å². The standard InChI is InChI=1S/C17H23F3N2O/c18-17(19,20)15(14-6-2-1-3-7-14)11-16(23)22-10-8-13-5-4-9-21-12-13/h1-3,6-7,13,15,21H,4-5,8-12H2,(H,22,23). The van der Waals surface area contributed by atoms with Crippen LogP contribution in [0, 0.1) is 5.92 Å². The monoisotopic (exact) mass is 328 g/mol. The molecule has 1 fully saturated rings. The summed E-state index contributed by atoms with van der Waals surface area (Å²) in [6.07, 6.45) is -1.95. The number of carbonyl (C=O) groups excluding carboxylic acids is 1. The first-order valence-electron chi connectivity index (χ1n) is 8.06. The van der Waals surface area contributed by atoms with Crippen LogP contribution < -0.4 is 10.6 Å². The number of alkyl halides is 3. The van der Waals surface area contributed by atoms with Crippen LogP contribution in [0.4, 0.5) is 13.2 Å². The molecule has 0 aromatic heterocycles. The molecule has 2 N–H and O–H groups in total. The summed E-state index contributed by atoms with van der Waals surface area (Å²) in [7, 11) is 0.